The largest absolute Gasteiger partial charge is 0.493 e. The van der Waals surface area contributed by atoms with Gasteiger partial charge in [-0.3, -0.25) is 9.59 Å². The van der Waals surface area contributed by atoms with Gasteiger partial charge in [-0.1, -0.05) is 48.5 Å². The van der Waals surface area contributed by atoms with Crippen molar-refractivity contribution in [2.45, 2.75) is 19.4 Å². The van der Waals surface area contributed by atoms with Gasteiger partial charge in [0.05, 0.1) is 19.1 Å². The van der Waals surface area contributed by atoms with Crippen LogP contribution >= 0.6 is 0 Å². The lowest BCUT2D eigenvalue weighted by molar-refractivity contribution is -0.132. The fraction of sp³-hybridized carbons (Fsp3) is 0.200. The molecule has 0 saturated heterocycles. The predicted octanol–water partition coefficient (Wildman–Crippen LogP) is 4.93. The number of rotatable bonds is 8. The molecule has 0 radical (unpaired) electrons. The molecule has 1 atom stereocenters. The average Bonchev–Trinajstić information content (AvgIpc) is 2.79. The molecule has 154 valence electrons. The summed E-state index contributed by atoms with van der Waals surface area (Å²) in [7, 11) is 1.78. The van der Waals surface area contributed by atoms with Gasteiger partial charge in [0.15, 0.2) is 0 Å². The number of ether oxygens (including phenoxy) is 1. The molecular weight excluding hydrogens is 376 g/mol. The van der Waals surface area contributed by atoms with Crippen LogP contribution in [0.3, 0.4) is 0 Å². The summed E-state index contributed by atoms with van der Waals surface area (Å²) < 4.78 is 5.62. The van der Waals surface area contributed by atoms with Crippen LogP contribution in [0, 0.1) is 0 Å². The summed E-state index contributed by atoms with van der Waals surface area (Å²) in [6.07, 6.45) is 0.292. The summed E-state index contributed by atoms with van der Waals surface area (Å²) in [4.78, 5) is 26.7. The van der Waals surface area contributed by atoms with Gasteiger partial charge in [-0.15, -0.1) is 0 Å². The van der Waals surface area contributed by atoms with Gasteiger partial charge < -0.3 is 15.0 Å². The van der Waals surface area contributed by atoms with Crippen molar-refractivity contribution in [3.63, 3.8) is 0 Å². The third-order valence-corrected chi connectivity index (χ3v) is 4.97. The zero-order valence-corrected chi connectivity index (χ0v) is 17.2. The van der Waals surface area contributed by atoms with Crippen molar-refractivity contribution in [3.8, 4) is 5.75 Å². The lowest BCUT2D eigenvalue weighted by Gasteiger charge is -2.26. The van der Waals surface area contributed by atoms with Gasteiger partial charge in [0, 0.05) is 18.3 Å². The lowest BCUT2D eigenvalue weighted by atomic mass is 10.1. The SMILES string of the molecule is CC(c1cccc(NC(=O)c2ccccc2)c1)N(C)C(=O)CCOc1ccccc1. The molecule has 0 aromatic heterocycles. The van der Waals surface area contributed by atoms with Crippen molar-refractivity contribution < 1.29 is 14.3 Å². The first-order valence-corrected chi connectivity index (χ1v) is 9.94. The fourth-order valence-electron chi connectivity index (χ4n) is 3.06. The maximum atomic E-state index is 12.6. The minimum absolute atomic E-state index is 0.00263. The molecular formula is C25H26N2O3. The number of hydrogen-bond acceptors (Lipinski definition) is 3. The highest BCUT2D eigenvalue weighted by atomic mass is 16.5. The van der Waals surface area contributed by atoms with Crippen LogP contribution < -0.4 is 10.1 Å². The molecule has 0 aliphatic carbocycles. The molecule has 30 heavy (non-hydrogen) atoms. The van der Waals surface area contributed by atoms with E-state index in [2.05, 4.69) is 5.32 Å². The van der Waals surface area contributed by atoms with Gasteiger partial charge >= 0.3 is 0 Å². The summed E-state index contributed by atoms with van der Waals surface area (Å²) >= 11 is 0. The number of benzene rings is 3. The van der Waals surface area contributed by atoms with Crippen molar-refractivity contribution in [3.05, 3.63) is 96.1 Å². The standard InChI is InChI=1S/C25H26N2O3/c1-19(27(2)24(28)16-17-30-23-14-7-4-8-15-23)21-12-9-13-22(18-21)26-25(29)20-10-5-3-6-11-20/h3-15,18-19H,16-17H2,1-2H3,(H,26,29). The summed E-state index contributed by atoms with van der Waals surface area (Å²) in [5.41, 5.74) is 2.24. The summed E-state index contributed by atoms with van der Waals surface area (Å²) in [5.74, 6) is 0.586. The van der Waals surface area contributed by atoms with Crippen molar-refractivity contribution in [1.29, 1.82) is 0 Å². The molecule has 0 spiro atoms. The Morgan fingerprint density at radius 3 is 2.30 bits per heavy atom. The van der Waals surface area contributed by atoms with Gasteiger partial charge in [0.1, 0.15) is 5.75 Å². The van der Waals surface area contributed by atoms with Gasteiger partial charge in [-0.2, -0.15) is 0 Å². The highest BCUT2D eigenvalue weighted by molar-refractivity contribution is 6.04. The van der Waals surface area contributed by atoms with Crippen LogP contribution in [0.5, 0.6) is 5.75 Å². The average molecular weight is 402 g/mol. The fourth-order valence-corrected chi connectivity index (χ4v) is 3.06. The van der Waals surface area contributed by atoms with Crippen molar-refractivity contribution in [1.82, 2.24) is 4.90 Å². The Kier molecular flexibility index (Phi) is 7.22. The van der Waals surface area contributed by atoms with Crippen LogP contribution in [-0.4, -0.2) is 30.4 Å². The molecule has 3 aromatic rings. The Morgan fingerprint density at radius 1 is 0.933 bits per heavy atom. The zero-order chi connectivity index (χ0) is 21.3. The number of nitrogens with zero attached hydrogens (tertiary/aromatic N) is 1. The van der Waals surface area contributed by atoms with Gasteiger partial charge in [-0.05, 0) is 48.9 Å². The van der Waals surface area contributed by atoms with E-state index in [9.17, 15) is 9.59 Å². The quantitative estimate of drug-likeness (QED) is 0.581. The van der Waals surface area contributed by atoms with Crippen LogP contribution in [0.4, 0.5) is 5.69 Å². The number of carbonyl (C=O) groups is 2. The smallest absolute Gasteiger partial charge is 0.255 e. The molecule has 3 aromatic carbocycles. The molecule has 3 rings (SSSR count). The second-order valence-electron chi connectivity index (χ2n) is 7.04. The topological polar surface area (TPSA) is 58.6 Å². The molecule has 0 aliphatic heterocycles. The molecule has 0 fully saturated rings. The molecule has 0 heterocycles. The van der Waals surface area contributed by atoms with Crippen LogP contribution in [0.2, 0.25) is 0 Å². The van der Waals surface area contributed by atoms with E-state index in [4.69, 9.17) is 4.74 Å². The van der Waals surface area contributed by atoms with E-state index >= 15 is 0 Å². The molecule has 0 bridgehead atoms. The summed E-state index contributed by atoms with van der Waals surface area (Å²) in [5, 5.41) is 2.91. The number of para-hydroxylation sites is 1. The van der Waals surface area contributed by atoms with Crippen LogP contribution in [0.1, 0.15) is 35.3 Å². The number of nitrogens with one attached hydrogen (secondary N) is 1. The van der Waals surface area contributed by atoms with E-state index in [1.165, 1.54) is 0 Å². The molecule has 2 amide bonds. The molecule has 1 N–H and O–H groups in total. The highest BCUT2D eigenvalue weighted by Gasteiger charge is 2.18. The molecule has 5 heteroatoms. The third kappa shape index (κ3) is 5.70. The van der Waals surface area contributed by atoms with Crippen LogP contribution in [0.25, 0.3) is 0 Å². The number of carbonyl (C=O) groups excluding carboxylic acids is 2. The maximum absolute atomic E-state index is 12.6. The van der Waals surface area contributed by atoms with Gasteiger partial charge in [-0.25, -0.2) is 0 Å². The minimum Gasteiger partial charge on any atom is -0.493 e. The molecule has 5 nitrogen and oxygen atoms in total. The Morgan fingerprint density at radius 2 is 1.60 bits per heavy atom. The first-order valence-electron chi connectivity index (χ1n) is 9.94. The van der Waals surface area contributed by atoms with Crippen molar-refractivity contribution >= 4 is 17.5 Å². The van der Waals surface area contributed by atoms with E-state index in [1.807, 2.05) is 79.7 Å². The van der Waals surface area contributed by atoms with Gasteiger partial charge in [0.25, 0.3) is 5.91 Å². The monoisotopic (exact) mass is 402 g/mol. The van der Waals surface area contributed by atoms with Crippen molar-refractivity contribution in [2.75, 3.05) is 19.0 Å². The highest BCUT2D eigenvalue weighted by Crippen LogP contribution is 2.23. The maximum Gasteiger partial charge on any atom is 0.255 e. The zero-order valence-electron chi connectivity index (χ0n) is 17.2. The predicted molar refractivity (Wildman–Crippen MR) is 119 cm³/mol. The number of amides is 2. The Balaban J connectivity index is 1.57. The third-order valence-electron chi connectivity index (χ3n) is 4.97. The second kappa shape index (κ2) is 10.3. The van der Waals surface area contributed by atoms with Crippen molar-refractivity contribution in [2.24, 2.45) is 0 Å². The number of anilines is 1. The Bertz CT molecular complexity index is 974. The summed E-state index contributed by atoms with van der Waals surface area (Å²) in [6, 6.07) is 26.0. The molecule has 0 aliphatic rings. The van der Waals surface area contributed by atoms with Crippen LogP contribution in [-0.2, 0) is 4.79 Å². The normalized spacial score (nSPS) is 11.4. The first kappa shape index (κ1) is 21.1. The molecule has 1 unspecified atom stereocenters. The Labute approximate surface area is 177 Å². The summed E-state index contributed by atoms with van der Waals surface area (Å²) in [6.45, 7) is 2.29. The van der Waals surface area contributed by atoms with Gasteiger partial charge in [0.2, 0.25) is 5.91 Å². The molecule has 0 saturated carbocycles. The Hall–Kier alpha value is -3.60. The van der Waals surface area contributed by atoms with E-state index in [0.29, 0.717) is 24.3 Å². The second-order valence-corrected chi connectivity index (χ2v) is 7.04. The van der Waals surface area contributed by atoms with Crippen LogP contribution in [0.15, 0.2) is 84.9 Å². The van der Waals surface area contributed by atoms with E-state index in [-0.39, 0.29) is 17.9 Å². The van der Waals surface area contributed by atoms with E-state index in [1.54, 1.807) is 24.1 Å². The minimum atomic E-state index is -0.164. The lowest BCUT2D eigenvalue weighted by Crippen LogP contribution is -2.30. The van der Waals surface area contributed by atoms with E-state index in [0.717, 1.165) is 11.3 Å². The first-order chi connectivity index (χ1) is 14.5. The number of hydrogen-bond donors (Lipinski definition) is 1. The van der Waals surface area contributed by atoms with E-state index < -0.39 is 0 Å².